The minimum absolute atomic E-state index is 0.231. The van der Waals surface area contributed by atoms with Crippen LogP contribution in [0.4, 0.5) is 0 Å². The highest BCUT2D eigenvalue weighted by molar-refractivity contribution is 7.89. The molecule has 16 heavy (non-hydrogen) atoms. The first-order valence-corrected chi connectivity index (χ1v) is 7.89. The van der Waals surface area contributed by atoms with Gasteiger partial charge in [-0.2, -0.15) is 0 Å². The van der Waals surface area contributed by atoms with Crippen molar-refractivity contribution in [2.45, 2.75) is 45.1 Å². The molecule has 0 bridgehead atoms. The van der Waals surface area contributed by atoms with E-state index in [1.165, 1.54) is 0 Å². The maximum absolute atomic E-state index is 11.7. The predicted molar refractivity (Wildman–Crippen MR) is 66.9 cm³/mol. The molecule has 5 heteroatoms. The number of nitrogens with one attached hydrogen (secondary N) is 2. The molecule has 0 amide bonds. The Labute approximate surface area is 99.2 Å². The van der Waals surface area contributed by atoms with Gasteiger partial charge in [-0.3, -0.25) is 0 Å². The van der Waals surface area contributed by atoms with E-state index >= 15 is 0 Å². The quantitative estimate of drug-likeness (QED) is 0.601. The molecule has 1 saturated carbocycles. The number of hydrogen-bond donors (Lipinski definition) is 2. The Morgan fingerprint density at radius 1 is 1.31 bits per heavy atom. The van der Waals surface area contributed by atoms with Crippen LogP contribution in [-0.4, -0.2) is 33.8 Å². The van der Waals surface area contributed by atoms with Crippen LogP contribution in [0, 0.1) is 5.92 Å². The molecule has 2 unspecified atom stereocenters. The summed E-state index contributed by atoms with van der Waals surface area (Å²) >= 11 is 0. The van der Waals surface area contributed by atoms with Crippen LogP contribution in [0.2, 0.25) is 0 Å². The van der Waals surface area contributed by atoms with Crippen molar-refractivity contribution in [1.82, 2.24) is 10.0 Å². The molecule has 0 aromatic heterocycles. The highest BCUT2D eigenvalue weighted by Crippen LogP contribution is 2.35. The summed E-state index contributed by atoms with van der Waals surface area (Å²) in [4.78, 5) is 0. The van der Waals surface area contributed by atoms with Crippen LogP contribution < -0.4 is 10.0 Å². The second kappa shape index (κ2) is 6.57. The molecular weight excluding hydrogens is 224 g/mol. The van der Waals surface area contributed by atoms with Gasteiger partial charge >= 0.3 is 0 Å². The summed E-state index contributed by atoms with van der Waals surface area (Å²) < 4.78 is 26.1. The van der Waals surface area contributed by atoms with Crippen molar-refractivity contribution < 1.29 is 8.42 Å². The Balaban J connectivity index is 2.15. The smallest absolute Gasteiger partial charge is 0.211 e. The Bertz CT molecular complexity index is 290. The van der Waals surface area contributed by atoms with Gasteiger partial charge in [0.25, 0.3) is 0 Å². The fourth-order valence-corrected chi connectivity index (χ4v) is 3.42. The van der Waals surface area contributed by atoms with Crippen LogP contribution >= 0.6 is 0 Å². The van der Waals surface area contributed by atoms with Crippen LogP contribution in [0.3, 0.4) is 0 Å². The highest BCUT2D eigenvalue weighted by Gasteiger charge is 2.38. The first-order chi connectivity index (χ1) is 7.59. The average molecular weight is 248 g/mol. The monoisotopic (exact) mass is 248 g/mol. The topological polar surface area (TPSA) is 58.2 Å². The third-order valence-corrected chi connectivity index (χ3v) is 4.49. The van der Waals surface area contributed by atoms with Gasteiger partial charge in [0.1, 0.15) is 0 Å². The van der Waals surface area contributed by atoms with Crippen molar-refractivity contribution in [2.24, 2.45) is 5.92 Å². The van der Waals surface area contributed by atoms with E-state index in [0.717, 1.165) is 38.6 Å². The molecule has 0 heterocycles. The number of sulfonamides is 1. The van der Waals surface area contributed by atoms with Crippen LogP contribution in [0.5, 0.6) is 0 Å². The van der Waals surface area contributed by atoms with Crippen LogP contribution in [0.15, 0.2) is 0 Å². The summed E-state index contributed by atoms with van der Waals surface area (Å²) in [6.07, 6.45) is 4.98. The summed E-state index contributed by atoms with van der Waals surface area (Å²) in [6, 6.07) is 0.231. The summed E-state index contributed by atoms with van der Waals surface area (Å²) in [5, 5.41) is 3.02. The van der Waals surface area contributed by atoms with Crippen LogP contribution in [-0.2, 0) is 10.0 Å². The minimum Gasteiger partial charge on any atom is -0.320 e. The van der Waals surface area contributed by atoms with Crippen molar-refractivity contribution in [3.8, 4) is 0 Å². The SMILES string of the molecule is CCCC1CC1NS(=O)(=O)CCCCNC. The molecule has 1 aliphatic rings. The van der Waals surface area contributed by atoms with E-state index in [1.54, 1.807) is 0 Å². The van der Waals surface area contributed by atoms with E-state index in [4.69, 9.17) is 0 Å². The zero-order chi connectivity index (χ0) is 12.0. The average Bonchev–Trinajstić information content (AvgIpc) is 2.91. The van der Waals surface area contributed by atoms with Crippen molar-refractivity contribution >= 4 is 10.0 Å². The van der Waals surface area contributed by atoms with Crippen LogP contribution in [0.1, 0.15) is 39.0 Å². The molecule has 1 fully saturated rings. The normalized spacial score (nSPS) is 24.6. The molecule has 2 N–H and O–H groups in total. The number of unbranched alkanes of at least 4 members (excludes halogenated alkanes) is 1. The van der Waals surface area contributed by atoms with Crippen molar-refractivity contribution in [3.05, 3.63) is 0 Å². The van der Waals surface area contributed by atoms with Crippen LogP contribution in [0.25, 0.3) is 0 Å². The fraction of sp³-hybridized carbons (Fsp3) is 1.00. The van der Waals surface area contributed by atoms with Gasteiger partial charge in [-0.1, -0.05) is 13.3 Å². The molecule has 1 aliphatic carbocycles. The lowest BCUT2D eigenvalue weighted by atomic mass is 10.2. The second-order valence-corrected chi connectivity index (χ2v) is 6.51. The van der Waals surface area contributed by atoms with E-state index in [1.807, 2.05) is 7.05 Å². The third kappa shape index (κ3) is 5.27. The highest BCUT2D eigenvalue weighted by atomic mass is 32.2. The van der Waals surface area contributed by atoms with E-state index in [9.17, 15) is 8.42 Å². The maximum atomic E-state index is 11.7. The molecule has 1 rings (SSSR count). The van der Waals surface area contributed by atoms with Gasteiger partial charge in [0.15, 0.2) is 0 Å². The van der Waals surface area contributed by atoms with Gasteiger partial charge in [0, 0.05) is 6.04 Å². The number of hydrogen-bond acceptors (Lipinski definition) is 3. The Kier molecular flexibility index (Phi) is 5.72. The van der Waals surface area contributed by atoms with Crippen molar-refractivity contribution in [2.75, 3.05) is 19.3 Å². The van der Waals surface area contributed by atoms with Crippen molar-refractivity contribution in [3.63, 3.8) is 0 Å². The number of rotatable bonds is 9. The van der Waals surface area contributed by atoms with Gasteiger partial charge < -0.3 is 5.32 Å². The van der Waals surface area contributed by atoms with E-state index in [-0.39, 0.29) is 11.8 Å². The summed E-state index contributed by atoms with van der Waals surface area (Å²) in [5.41, 5.74) is 0. The molecular formula is C11H24N2O2S. The lowest BCUT2D eigenvalue weighted by Crippen LogP contribution is -2.29. The van der Waals surface area contributed by atoms with E-state index in [0.29, 0.717) is 5.92 Å². The summed E-state index contributed by atoms with van der Waals surface area (Å²) in [7, 11) is -1.15. The Morgan fingerprint density at radius 3 is 2.69 bits per heavy atom. The predicted octanol–water partition coefficient (Wildman–Crippen LogP) is 1.09. The summed E-state index contributed by atoms with van der Waals surface area (Å²) in [6.45, 7) is 3.03. The lowest BCUT2D eigenvalue weighted by molar-refractivity contribution is 0.568. The molecule has 0 aromatic carbocycles. The molecule has 0 radical (unpaired) electrons. The minimum atomic E-state index is -3.03. The molecule has 0 aromatic rings. The zero-order valence-electron chi connectivity index (χ0n) is 10.3. The van der Waals surface area contributed by atoms with Gasteiger partial charge in [-0.05, 0) is 45.2 Å². The van der Waals surface area contributed by atoms with Gasteiger partial charge in [-0.25, -0.2) is 13.1 Å². The first-order valence-electron chi connectivity index (χ1n) is 6.23. The maximum Gasteiger partial charge on any atom is 0.211 e. The van der Waals surface area contributed by atoms with E-state index in [2.05, 4.69) is 17.0 Å². The second-order valence-electron chi connectivity index (χ2n) is 4.64. The third-order valence-electron chi connectivity index (χ3n) is 3.00. The van der Waals surface area contributed by atoms with Gasteiger partial charge in [0.2, 0.25) is 10.0 Å². The van der Waals surface area contributed by atoms with E-state index < -0.39 is 10.0 Å². The lowest BCUT2D eigenvalue weighted by Gasteiger charge is -2.06. The standard InChI is InChI=1S/C11H24N2O2S/c1-3-6-10-9-11(10)13-16(14,15)8-5-4-7-12-2/h10-13H,3-9H2,1-2H3. The molecule has 0 aliphatic heterocycles. The Hall–Kier alpha value is -0.130. The molecule has 4 nitrogen and oxygen atoms in total. The molecule has 96 valence electrons. The molecule has 0 spiro atoms. The fourth-order valence-electron chi connectivity index (χ4n) is 1.97. The Morgan fingerprint density at radius 2 is 2.06 bits per heavy atom. The van der Waals surface area contributed by atoms with Crippen molar-refractivity contribution in [1.29, 1.82) is 0 Å². The van der Waals surface area contributed by atoms with Gasteiger partial charge in [0.05, 0.1) is 5.75 Å². The summed E-state index contributed by atoms with van der Waals surface area (Å²) in [5.74, 6) is 0.862. The largest absolute Gasteiger partial charge is 0.320 e. The molecule has 2 atom stereocenters. The molecule has 0 saturated heterocycles. The first kappa shape index (κ1) is 13.9. The van der Waals surface area contributed by atoms with Gasteiger partial charge in [-0.15, -0.1) is 0 Å². The zero-order valence-corrected chi connectivity index (χ0v) is 11.1.